The summed E-state index contributed by atoms with van der Waals surface area (Å²) in [5.74, 6) is -0.300. The van der Waals surface area contributed by atoms with Gasteiger partial charge in [0.1, 0.15) is 0 Å². The molecule has 112 valence electrons. The van der Waals surface area contributed by atoms with Crippen LogP contribution < -0.4 is 10.7 Å². The molecular formula is C15H14N4O3. The molecule has 2 N–H and O–H groups in total. The van der Waals surface area contributed by atoms with Crippen molar-refractivity contribution >= 4 is 29.2 Å². The van der Waals surface area contributed by atoms with Crippen LogP contribution in [0.1, 0.15) is 12.5 Å². The van der Waals surface area contributed by atoms with Crippen molar-refractivity contribution in [2.45, 2.75) is 6.92 Å². The summed E-state index contributed by atoms with van der Waals surface area (Å²) in [6.45, 7) is 1.34. The molecule has 0 heterocycles. The maximum absolute atomic E-state index is 11.1. The Morgan fingerprint density at radius 2 is 1.91 bits per heavy atom. The van der Waals surface area contributed by atoms with Gasteiger partial charge in [-0.3, -0.25) is 20.3 Å². The van der Waals surface area contributed by atoms with E-state index in [2.05, 4.69) is 15.8 Å². The number of nitro groups is 1. The fourth-order valence-corrected chi connectivity index (χ4v) is 1.78. The van der Waals surface area contributed by atoms with Crippen molar-refractivity contribution in [3.8, 4) is 0 Å². The average Bonchev–Trinajstić information content (AvgIpc) is 2.47. The third kappa shape index (κ3) is 4.41. The Morgan fingerprint density at radius 3 is 2.55 bits per heavy atom. The minimum atomic E-state index is -0.521. The Morgan fingerprint density at radius 1 is 1.18 bits per heavy atom. The summed E-state index contributed by atoms with van der Waals surface area (Å²) in [6.07, 6.45) is 1.45. The quantitative estimate of drug-likeness (QED) is 0.503. The summed E-state index contributed by atoms with van der Waals surface area (Å²) < 4.78 is 0. The fourth-order valence-electron chi connectivity index (χ4n) is 1.78. The van der Waals surface area contributed by atoms with Gasteiger partial charge >= 0.3 is 0 Å². The number of rotatable bonds is 5. The molecule has 22 heavy (non-hydrogen) atoms. The smallest absolute Gasteiger partial charge is 0.272 e. The van der Waals surface area contributed by atoms with Crippen LogP contribution in [0, 0.1) is 10.1 Å². The van der Waals surface area contributed by atoms with E-state index in [9.17, 15) is 14.9 Å². The van der Waals surface area contributed by atoms with Gasteiger partial charge in [0.25, 0.3) is 5.69 Å². The highest BCUT2D eigenvalue weighted by atomic mass is 16.6. The number of nitro benzene ring substituents is 1. The Balaban J connectivity index is 2.20. The molecule has 0 saturated heterocycles. The van der Waals surface area contributed by atoms with Gasteiger partial charge in [-0.2, -0.15) is 5.10 Å². The predicted octanol–water partition coefficient (Wildman–Crippen LogP) is 3.00. The second-order valence-corrected chi connectivity index (χ2v) is 4.49. The van der Waals surface area contributed by atoms with Crippen LogP contribution in [0.3, 0.4) is 0 Å². The highest BCUT2D eigenvalue weighted by Gasteiger charge is 2.09. The van der Waals surface area contributed by atoms with Crippen LogP contribution >= 0.6 is 0 Å². The van der Waals surface area contributed by atoms with Crippen LogP contribution in [0.25, 0.3) is 0 Å². The van der Waals surface area contributed by atoms with Gasteiger partial charge in [-0.25, -0.2) is 0 Å². The van der Waals surface area contributed by atoms with E-state index >= 15 is 0 Å². The number of hydrazone groups is 1. The SMILES string of the molecule is CC(=O)Nc1cc(/C=N/Nc2ccccc2)cc([N+](=O)[O-])c1. The molecule has 0 aliphatic carbocycles. The van der Waals surface area contributed by atoms with Crippen molar-refractivity contribution in [1.82, 2.24) is 0 Å². The number of nitrogens with one attached hydrogen (secondary N) is 2. The molecule has 7 nitrogen and oxygen atoms in total. The van der Waals surface area contributed by atoms with Gasteiger partial charge in [0.15, 0.2) is 0 Å². The molecule has 0 unspecified atom stereocenters. The second kappa shape index (κ2) is 6.98. The second-order valence-electron chi connectivity index (χ2n) is 4.49. The number of carbonyl (C=O) groups is 1. The Hall–Kier alpha value is -3.22. The van der Waals surface area contributed by atoms with Crippen LogP contribution in [-0.2, 0) is 4.79 Å². The van der Waals surface area contributed by atoms with Crippen molar-refractivity contribution in [2.24, 2.45) is 5.10 Å². The van der Waals surface area contributed by atoms with Crippen LogP contribution in [0.15, 0.2) is 53.6 Å². The first-order chi connectivity index (χ1) is 10.5. The number of hydrogen-bond donors (Lipinski definition) is 2. The molecule has 0 atom stereocenters. The average molecular weight is 298 g/mol. The lowest BCUT2D eigenvalue weighted by molar-refractivity contribution is -0.384. The lowest BCUT2D eigenvalue weighted by Gasteiger charge is -2.04. The van der Waals surface area contributed by atoms with Gasteiger partial charge in [-0.1, -0.05) is 18.2 Å². The summed E-state index contributed by atoms with van der Waals surface area (Å²) in [5, 5.41) is 17.5. The van der Waals surface area contributed by atoms with Crippen LogP contribution in [0.4, 0.5) is 17.1 Å². The lowest BCUT2D eigenvalue weighted by atomic mass is 10.2. The molecule has 0 radical (unpaired) electrons. The molecule has 0 aromatic heterocycles. The number of benzene rings is 2. The Labute approximate surface area is 126 Å². The molecule has 2 aromatic rings. The fraction of sp³-hybridized carbons (Fsp3) is 0.0667. The minimum absolute atomic E-state index is 0.118. The number of non-ortho nitro benzene ring substituents is 1. The first-order valence-corrected chi connectivity index (χ1v) is 6.46. The zero-order chi connectivity index (χ0) is 15.9. The number of anilines is 2. The third-order valence-corrected chi connectivity index (χ3v) is 2.65. The molecule has 0 aliphatic heterocycles. The standard InChI is InChI=1S/C15H14N4O3/c1-11(20)17-14-7-12(8-15(9-14)19(21)22)10-16-18-13-5-3-2-4-6-13/h2-10,18H,1H3,(H,17,20)/b16-10+. The molecule has 0 fully saturated rings. The number of hydrogen-bond acceptors (Lipinski definition) is 5. The van der Waals surface area contributed by atoms with Crippen LogP contribution in [-0.4, -0.2) is 17.0 Å². The van der Waals surface area contributed by atoms with E-state index in [-0.39, 0.29) is 11.6 Å². The van der Waals surface area contributed by atoms with Crippen molar-refractivity contribution in [2.75, 3.05) is 10.7 Å². The topological polar surface area (TPSA) is 96.6 Å². The summed E-state index contributed by atoms with van der Waals surface area (Å²) in [6, 6.07) is 13.6. The number of para-hydroxylation sites is 1. The molecule has 0 spiro atoms. The highest BCUT2D eigenvalue weighted by molar-refractivity contribution is 5.91. The minimum Gasteiger partial charge on any atom is -0.326 e. The van der Waals surface area contributed by atoms with Crippen molar-refractivity contribution in [3.63, 3.8) is 0 Å². The largest absolute Gasteiger partial charge is 0.326 e. The summed E-state index contributed by atoms with van der Waals surface area (Å²) in [7, 11) is 0. The number of amides is 1. The first kappa shape index (κ1) is 15.2. The maximum Gasteiger partial charge on any atom is 0.272 e. The third-order valence-electron chi connectivity index (χ3n) is 2.65. The molecule has 0 saturated carbocycles. The molecule has 1 amide bonds. The van der Waals surface area contributed by atoms with E-state index in [1.165, 1.54) is 25.3 Å². The monoisotopic (exact) mass is 298 g/mol. The van der Waals surface area contributed by atoms with Crippen molar-refractivity contribution < 1.29 is 9.72 Å². The number of nitrogens with zero attached hydrogens (tertiary/aromatic N) is 2. The summed E-state index contributed by atoms with van der Waals surface area (Å²) in [5.41, 5.74) is 4.34. The number of carbonyl (C=O) groups excluding carboxylic acids is 1. The van der Waals surface area contributed by atoms with Gasteiger partial charge < -0.3 is 5.32 Å². The molecule has 2 aromatic carbocycles. The molecule has 0 aliphatic rings. The lowest BCUT2D eigenvalue weighted by Crippen LogP contribution is -2.06. The molecule has 0 bridgehead atoms. The van der Waals surface area contributed by atoms with E-state index in [0.717, 1.165) is 5.69 Å². The van der Waals surface area contributed by atoms with Gasteiger partial charge in [-0.05, 0) is 18.2 Å². The van der Waals surface area contributed by atoms with Crippen LogP contribution in [0.2, 0.25) is 0 Å². The zero-order valence-corrected chi connectivity index (χ0v) is 11.8. The predicted molar refractivity (Wildman–Crippen MR) is 85.1 cm³/mol. The maximum atomic E-state index is 11.1. The van der Waals surface area contributed by atoms with Crippen molar-refractivity contribution in [1.29, 1.82) is 0 Å². The van der Waals surface area contributed by atoms with E-state index in [0.29, 0.717) is 11.3 Å². The highest BCUT2D eigenvalue weighted by Crippen LogP contribution is 2.20. The molecule has 2 rings (SSSR count). The Bertz CT molecular complexity index is 714. The summed E-state index contributed by atoms with van der Waals surface area (Å²) >= 11 is 0. The molecule has 7 heteroatoms. The first-order valence-electron chi connectivity index (χ1n) is 6.46. The summed E-state index contributed by atoms with van der Waals surface area (Å²) in [4.78, 5) is 21.5. The van der Waals surface area contributed by atoms with Gasteiger partial charge in [0, 0.05) is 30.3 Å². The van der Waals surface area contributed by atoms with Gasteiger partial charge in [0.05, 0.1) is 16.8 Å². The van der Waals surface area contributed by atoms with Gasteiger partial charge in [0.2, 0.25) is 5.91 Å². The van der Waals surface area contributed by atoms with E-state index in [1.807, 2.05) is 30.3 Å². The van der Waals surface area contributed by atoms with Crippen LogP contribution in [0.5, 0.6) is 0 Å². The zero-order valence-electron chi connectivity index (χ0n) is 11.8. The van der Waals surface area contributed by atoms with E-state index in [4.69, 9.17) is 0 Å². The Kier molecular flexibility index (Phi) is 4.81. The molecular weight excluding hydrogens is 284 g/mol. The van der Waals surface area contributed by atoms with Crippen molar-refractivity contribution in [3.05, 3.63) is 64.2 Å². The van der Waals surface area contributed by atoms with E-state index in [1.54, 1.807) is 6.07 Å². The normalized spacial score (nSPS) is 10.4. The van der Waals surface area contributed by atoms with Gasteiger partial charge in [-0.15, -0.1) is 0 Å². The van der Waals surface area contributed by atoms with E-state index < -0.39 is 4.92 Å².